The zero-order chi connectivity index (χ0) is 11.2. The molecule has 3 N–H and O–H groups in total. The van der Waals surface area contributed by atoms with Crippen LogP contribution in [0.1, 0.15) is 10.4 Å². The SMILES string of the molecule is Cn1c(Cl)c(C(=O)O)c2cc(N)ccc21. The molecule has 0 unspecified atom stereocenters. The van der Waals surface area contributed by atoms with Crippen LogP contribution in [-0.4, -0.2) is 15.6 Å². The van der Waals surface area contributed by atoms with E-state index in [9.17, 15) is 4.79 Å². The van der Waals surface area contributed by atoms with Crippen molar-refractivity contribution < 1.29 is 9.90 Å². The van der Waals surface area contributed by atoms with E-state index in [4.69, 9.17) is 22.4 Å². The molecule has 0 bridgehead atoms. The van der Waals surface area contributed by atoms with Crippen LogP contribution in [0.15, 0.2) is 18.2 Å². The maximum absolute atomic E-state index is 11.0. The summed E-state index contributed by atoms with van der Waals surface area (Å²) >= 11 is 5.93. The molecule has 4 nitrogen and oxygen atoms in total. The second-order valence-electron chi connectivity index (χ2n) is 3.31. The summed E-state index contributed by atoms with van der Waals surface area (Å²) in [6.45, 7) is 0. The fourth-order valence-electron chi connectivity index (χ4n) is 1.63. The number of aromatic carboxylic acids is 1. The fourth-order valence-corrected chi connectivity index (χ4v) is 1.91. The Morgan fingerprint density at radius 2 is 2.20 bits per heavy atom. The molecular formula is C10H9ClN2O2. The van der Waals surface area contributed by atoms with Crippen molar-refractivity contribution in [1.29, 1.82) is 0 Å². The summed E-state index contributed by atoms with van der Waals surface area (Å²) in [7, 11) is 1.72. The Morgan fingerprint density at radius 3 is 2.80 bits per heavy atom. The van der Waals surface area contributed by atoms with Gasteiger partial charge in [-0.25, -0.2) is 4.79 Å². The molecule has 0 atom stereocenters. The summed E-state index contributed by atoms with van der Waals surface area (Å²) in [4.78, 5) is 11.0. The minimum Gasteiger partial charge on any atom is -0.478 e. The van der Waals surface area contributed by atoms with Crippen LogP contribution in [-0.2, 0) is 7.05 Å². The largest absolute Gasteiger partial charge is 0.478 e. The molecule has 0 radical (unpaired) electrons. The molecule has 0 aliphatic heterocycles. The minimum absolute atomic E-state index is 0.0986. The Hall–Kier alpha value is -1.68. The van der Waals surface area contributed by atoms with Gasteiger partial charge in [0.15, 0.2) is 0 Å². The predicted molar refractivity (Wildman–Crippen MR) is 59.3 cm³/mol. The van der Waals surface area contributed by atoms with Crippen LogP contribution in [0.4, 0.5) is 5.69 Å². The number of anilines is 1. The Morgan fingerprint density at radius 1 is 1.53 bits per heavy atom. The molecule has 0 aliphatic rings. The molecule has 1 aromatic heterocycles. The van der Waals surface area contributed by atoms with Gasteiger partial charge in [-0.15, -0.1) is 0 Å². The minimum atomic E-state index is -1.05. The third kappa shape index (κ3) is 1.34. The van der Waals surface area contributed by atoms with E-state index in [2.05, 4.69) is 0 Å². The van der Waals surface area contributed by atoms with Crippen molar-refractivity contribution in [3.63, 3.8) is 0 Å². The molecule has 0 amide bonds. The highest BCUT2D eigenvalue weighted by Gasteiger charge is 2.18. The van der Waals surface area contributed by atoms with Gasteiger partial charge in [-0.05, 0) is 18.2 Å². The van der Waals surface area contributed by atoms with Gasteiger partial charge in [0.05, 0.1) is 0 Å². The number of nitrogens with zero attached hydrogens (tertiary/aromatic N) is 1. The lowest BCUT2D eigenvalue weighted by Gasteiger charge is -1.96. The Kier molecular flexibility index (Phi) is 2.08. The first-order chi connectivity index (χ1) is 7.02. The van der Waals surface area contributed by atoms with E-state index in [0.29, 0.717) is 11.1 Å². The van der Waals surface area contributed by atoms with Crippen LogP contribution in [0.2, 0.25) is 5.15 Å². The number of aromatic nitrogens is 1. The third-order valence-corrected chi connectivity index (χ3v) is 2.81. The molecule has 15 heavy (non-hydrogen) atoms. The van der Waals surface area contributed by atoms with Crippen molar-refractivity contribution in [2.24, 2.45) is 7.05 Å². The number of fused-ring (bicyclic) bond motifs is 1. The zero-order valence-corrected chi connectivity index (χ0v) is 8.75. The fraction of sp³-hybridized carbons (Fsp3) is 0.100. The van der Waals surface area contributed by atoms with Gasteiger partial charge >= 0.3 is 5.97 Å². The van der Waals surface area contributed by atoms with E-state index in [1.54, 1.807) is 29.8 Å². The van der Waals surface area contributed by atoms with Gasteiger partial charge in [-0.3, -0.25) is 0 Å². The maximum Gasteiger partial charge on any atom is 0.339 e. The first-order valence-corrected chi connectivity index (χ1v) is 4.67. The van der Waals surface area contributed by atoms with Crippen molar-refractivity contribution in [2.75, 3.05) is 5.73 Å². The zero-order valence-electron chi connectivity index (χ0n) is 7.99. The lowest BCUT2D eigenvalue weighted by atomic mass is 10.1. The summed E-state index contributed by atoms with van der Waals surface area (Å²) in [5.74, 6) is -1.05. The number of hydrogen-bond acceptors (Lipinski definition) is 2. The number of halogens is 1. The molecule has 0 fully saturated rings. The summed E-state index contributed by atoms with van der Waals surface area (Å²) in [6.07, 6.45) is 0. The monoisotopic (exact) mass is 224 g/mol. The van der Waals surface area contributed by atoms with Crippen LogP contribution in [0.5, 0.6) is 0 Å². The van der Waals surface area contributed by atoms with Crippen LogP contribution < -0.4 is 5.73 Å². The van der Waals surface area contributed by atoms with Crippen molar-refractivity contribution in [2.45, 2.75) is 0 Å². The molecule has 0 saturated heterocycles. The van der Waals surface area contributed by atoms with Gasteiger partial charge in [0.1, 0.15) is 10.7 Å². The van der Waals surface area contributed by atoms with E-state index in [1.807, 2.05) is 0 Å². The first-order valence-electron chi connectivity index (χ1n) is 4.29. The van der Waals surface area contributed by atoms with E-state index in [1.165, 1.54) is 0 Å². The summed E-state index contributed by atoms with van der Waals surface area (Å²) < 4.78 is 1.62. The highest BCUT2D eigenvalue weighted by atomic mass is 35.5. The lowest BCUT2D eigenvalue weighted by molar-refractivity contribution is 0.0699. The van der Waals surface area contributed by atoms with E-state index in [-0.39, 0.29) is 10.7 Å². The summed E-state index contributed by atoms with van der Waals surface area (Å²) in [6, 6.07) is 5.08. The van der Waals surface area contributed by atoms with Gasteiger partial charge in [0, 0.05) is 23.6 Å². The van der Waals surface area contributed by atoms with E-state index in [0.717, 1.165) is 5.52 Å². The predicted octanol–water partition coefficient (Wildman–Crippen LogP) is 2.11. The average molecular weight is 225 g/mol. The number of nitrogens with two attached hydrogens (primary N) is 1. The lowest BCUT2D eigenvalue weighted by Crippen LogP contribution is -1.96. The molecule has 78 valence electrons. The molecule has 5 heteroatoms. The van der Waals surface area contributed by atoms with Gasteiger partial charge in [-0.2, -0.15) is 0 Å². The second kappa shape index (κ2) is 3.17. The van der Waals surface area contributed by atoms with Gasteiger partial charge in [0.2, 0.25) is 0 Å². The van der Waals surface area contributed by atoms with Crippen molar-refractivity contribution in [1.82, 2.24) is 4.57 Å². The number of aryl methyl sites for hydroxylation is 1. The molecule has 0 spiro atoms. The number of carboxylic acid groups (broad SMARTS) is 1. The van der Waals surface area contributed by atoms with Crippen LogP contribution in [0.3, 0.4) is 0 Å². The average Bonchev–Trinajstić information content (AvgIpc) is 2.39. The highest BCUT2D eigenvalue weighted by molar-refractivity contribution is 6.35. The highest BCUT2D eigenvalue weighted by Crippen LogP contribution is 2.30. The van der Waals surface area contributed by atoms with Crippen molar-refractivity contribution in [3.05, 3.63) is 28.9 Å². The maximum atomic E-state index is 11.0. The molecular weight excluding hydrogens is 216 g/mol. The van der Waals surface area contributed by atoms with Gasteiger partial charge < -0.3 is 15.4 Å². The molecule has 2 rings (SSSR count). The molecule has 0 saturated carbocycles. The van der Waals surface area contributed by atoms with Crippen LogP contribution in [0.25, 0.3) is 10.9 Å². The number of carboxylic acids is 1. The van der Waals surface area contributed by atoms with Gasteiger partial charge in [0.25, 0.3) is 0 Å². The van der Waals surface area contributed by atoms with E-state index >= 15 is 0 Å². The smallest absolute Gasteiger partial charge is 0.339 e. The van der Waals surface area contributed by atoms with Crippen molar-refractivity contribution >= 4 is 34.2 Å². The van der Waals surface area contributed by atoms with Gasteiger partial charge in [-0.1, -0.05) is 11.6 Å². The first kappa shape index (κ1) is 9.86. The number of hydrogen-bond donors (Lipinski definition) is 2. The molecule has 1 aromatic carbocycles. The Bertz CT molecular complexity index is 560. The van der Waals surface area contributed by atoms with Crippen LogP contribution in [0, 0.1) is 0 Å². The standard InChI is InChI=1S/C10H9ClN2O2/c1-13-7-3-2-5(12)4-6(7)8(9(13)11)10(14)15/h2-4H,12H2,1H3,(H,14,15). The summed E-state index contributed by atoms with van der Waals surface area (Å²) in [5, 5.41) is 9.81. The molecule has 2 aromatic rings. The molecule has 0 aliphatic carbocycles. The summed E-state index contributed by atoms with van der Waals surface area (Å²) in [5.41, 5.74) is 6.98. The number of carbonyl (C=O) groups is 1. The van der Waals surface area contributed by atoms with Crippen LogP contribution >= 0.6 is 11.6 Å². The van der Waals surface area contributed by atoms with E-state index < -0.39 is 5.97 Å². The number of benzene rings is 1. The third-order valence-electron chi connectivity index (χ3n) is 2.37. The number of rotatable bonds is 1. The van der Waals surface area contributed by atoms with Crippen molar-refractivity contribution in [3.8, 4) is 0 Å². The normalized spacial score (nSPS) is 10.8. The Labute approximate surface area is 90.9 Å². The second-order valence-corrected chi connectivity index (χ2v) is 3.66. The number of nitrogen functional groups attached to an aromatic ring is 1. The molecule has 1 heterocycles. The quantitative estimate of drug-likeness (QED) is 0.729. The Balaban J connectivity index is 2.95. The topological polar surface area (TPSA) is 68.2 Å².